The third-order valence-corrected chi connectivity index (χ3v) is 3.65. The molecule has 0 aromatic heterocycles. The number of halogens is 1. The van der Waals surface area contributed by atoms with E-state index in [0.717, 1.165) is 0 Å². The molecular formula is C18H16ClN3O3. The molecule has 0 unspecified atom stereocenters. The van der Waals surface area contributed by atoms with Crippen LogP contribution in [0.3, 0.4) is 0 Å². The molecule has 0 heterocycles. The molecule has 0 radical (unpaired) electrons. The van der Waals surface area contributed by atoms with Gasteiger partial charge in [0.2, 0.25) is 11.8 Å². The lowest BCUT2D eigenvalue weighted by Gasteiger charge is -2.23. The number of methoxy groups -OCH3 is 1. The van der Waals surface area contributed by atoms with Gasteiger partial charge in [0.15, 0.2) is 0 Å². The molecule has 0 atom stereocenters. The molecule has 0 aliphatic carbocycles. The van der Waals surface area contributed by atoms with Crippen molar-refractivity contribution < 1.29 is 14.3 Å². The summed E-state index contributed by atoms with van der Waals surface area (Å²) in [6, 6.07) is 13.3. The number of hydrogen-bond donors (Lipinski definition) is 1. The van der Waals surface area contributed by atoms with Crippen molar-refractivity contribution in [3.8, 4) is 11.8 Å². The molecule has 7 heteroatoms. The molecule has 1 N–H and O–H groups in total. The van der Waals surface area contributed by atoms with Crippen molar-refractivity contribution in [2.45, 2.75) is 6.92 Å². The molecule has 0 fully saturated rings. The van der Waals surface area contributed by atoms with E-state index >= 15 is 0 Å². The standard InChI is InChI=1S/C18H16ClN3O3/c1-12(23)22(16-9-14(19)5-8-17(16)25-2)11-18(24)21-15-6-3-13(10-20)4-7-15/h3-9H,11H2,1-2H3,(H,21,24). The summed E-state index contributed by atoms with van der Waals surface area (Å²) in [5, 5.41) is 11.9. The summed E-state index contributed by atoms with van der Waals surface area (Å²) >= 11 is 6.00. The van der Waals surface area contributed by atoms with Crippen molar-refractivity contribution in [3.63, 3.8) is 0 Å². The molecular weight excluding hydrogens is 342 g/mol. The van der Waals surface area contributed by atoms with Gasteiger partial charge in [0.1, 0.15) is 12.3 Å². The Kier molecular flexibility index (Phi) is 5.98. The Balaban J connectivity index is 2.18. The summed E-state index contributed by atoms with van der Waals surface area (Å²) in [7, 11) is 1.47. The number of carbonyl (C=O) groups is 2. The molecule has 0 saturated heterocycles. The number of carbonyl (C=O) groups excluding carboxylic acids is 2. The maximum absolute atomic E-state index is 12.3. The van der Waals surface area contributed by atoms with E-state index in [4.69, 9.17) is 21.6 Å². The topological polar surface area (TPSA) is 82.4 Å². The summed E-state index contributed by atoms with van der Waals surface area (Å²) in [6.45, 7) is 1.15. The quantitative estimate of drug-likeness (QED) is 0.890. The molecule has 0 spiro atoms. The molecule has 0 aliphatic heterocycles. The van der Waals surface area contributed by atoms with E-state index in [2.05, 4.69) is 5.32 Å². The minimum Gasteiger partial charge on any atom is -0.495 e. The van der Waals surface area contributed by atoms with E-state index in [1.807, 2.05) is 6.07 Å². The van der Waals surface area contributed by atoms with Crippen LogP contribution in [0, 0.1) is 11.3 Å². The van der Waals surface area contributed by atoms with Crippen molar-refractivity contribution in [2.24, 2.45) is 0 Å². The minimum atomic E-state index is -0.387. The Hall–Kier alpha value is -3.04. The van der Waals surface area contributed by atoms with E-state index < -0.39 is 0 Å². The number of anilines is 2. The number of benzene rings is 2. The summed E-state index contributed by atoms with van der Waals surface area (Å²) < 4.78 is 5.24. The van der Waals surface area contributed by atoms with Gasteiger partial charge < -0.3 is 10.1 Å². The zero-order valence-corrected chi connectivity index (χ0v) is 14.5. The lowest BCUT2D eigenvalue weighted by Crippen LogP contribution is -2.36. The molecule has 2 aromatic carbocycles. The molecule has 0 aliphatic rings. The Morgan fingerprint density at radius 3 is 2.48 bits per heavy atom. The summed E-state index contributed by atoms with van der Waals surface area (Å²) in [5.74, 6) is -0.275. The number of nitrogens with zero attached hydrogens (tertiary/aromatic N) is 2. The van der Waals surface area contributed by atoms with E-state index in [1.165, 1.54) is 18.9 Å². The highest BCUT2D eigenvalue weighted by molar-refractivity contribution is 6.31. The average molecular weight is 358 g/mol. The predicted molar refractivity (Wildman–Crippen MR) is 95.8 cm³/mol. The Bertz CT molecular complexity index is 828. The van der Waals surface area contributed by atoms with Gasteiger partial charge in [-0.3, -0.25) is 14.5 Å². The van der Waals surface area contributed by atoms with Crippen LogP contribution in [-0.2, 0) is 9.59 Å². The first kappa shape index (κ1) is 18.3. The summed E-state index contributed by atoms with van der Waals surface area (Å²) in [4.78, 5) is 25.6. The maximum Gasteiger partial charge on any atom is 0.244 e. The van der Waals surface area contributed by atoms with Crippen LogP contribution in [-0.4, -0.2) is 25.5 Å². The van der Waals surface area contributed by atoms with Crippen LogP contribution in [0.5, 0.6) is 5.75 Å². The third-order valence-electron chi connectivity index (χ3n) is 3.41. The van der Waals surface area contributed by atoms with Gasteiger partial charge >= 0.3 is 0 Å². The molecule has 128 valence electrons. The van der Waals surface area contributed by atoms with E-state index in [9.17, 15) is 9.59 Å². The molecule has 2 amide bonds. The van der Waals surface area contributed by atoms with Crippen molar-refractivity contribution in [2.75, 3.05) is 23.9 Å². The second-order valence-electron chi connectivity index (χ2n) is 5.16. The summed E-state index contributed by atoms with van der Waals surface area (Å²) in [5.41, 5.74) is 1.44. The first-order valence-corrected chi connectivity index (χ1v) is 7.74. The van der Waals surface area contributed by atoms with Gasteiger partial charge in [-0.25, -0.2) is 0 Å². The normalized spacial score (nSPS) is 9.84. The largest absolute Gasteiger partial charge is 0.495 e. The highest BCUT2D eigenvalue weighted by atomic mass is 35.5. The lowest BCUT2D eigenvalue weighted by atomic mass is 10.2. The molecule has 25 heavy (non-hydrogen) atoms. The second kappa shape index (κ2) is 8.18. The minimum absolute atomic E-state index is 0.202. The van der Waals surface area contributed by atoms with Crippen LogP contribution in [0.25, 0.3) is 0 Å². The van der Waals surface area contributed by atoms with Gasteiger partial charge in [-0.05, 0) is 42.5 Å². The number of rotatable bonds is 5. The van der Waals surface area contributed by atoms with Crippen LogP contribution in [0.1, 0.15) is 12.5 Å². The van der Waals surface area contributed by atoms with Gasteiger partial charge in [0.25, 0.3) is 0 Å². The Morgan fingerprint density at radius 2 is 1.92 bits per heavy atom. The molecule has 6 nitrogen and oxygen atoms in total. The third kappa shape index (κ3) is 4.72. The Labute approximate surface area is 150 Å². The number of amides is 2. The number of nitrogens with one attached hydrogen (secondary N) is 1. The fraction of sp³-hybridized carbons (Fsp3) is 0.167. The highest BCUT2D eigenvalue weighted by Gasteiger charge is 2.20. The van der Waals surface area contributed by atoms with Gasteiger partial charge in [0.05, 0.1) is 24.4 Å². The van der Waals surface area contributed by atoms with Crippen molar-refractivity contribution >= 4 is 34.8 Å². The molecule has 2 aromatic rings. The lowest BCUT2D eigenvalue weighted by molar-refractivity contribution is -0.120. The first-order chi connectivity index (χ1) is 11.9. The van der Waals surface area contributed by atoms with Crippen LogP contribution in [0.15, 0.2) is 42.5 Å². The van der Waals surface area contributed by atoms with Crippen molar-refractivity contribution in [3.05, 3.63) is 53.1 Å². The van der Waals surface area contributed by atoms with Crippen LogP contribution < -0.4 is 15.0 Å². The van der Waals surface area contributed by atoms with Gasteiger partial charge in [-0.15, -0.1) is 0 Å². The fourth-order valence-electron chi connectivity index (χ4n) is 2.21. The van der Waals surface area contributed by atoms with Crippen molar-refractivity contribution in [1.82, 2.24) is 0 Å². The fourth-order valence-corrected chi connectivity index (χ4v) is 2.38. The predicted octanol–water partition coefficient (Wildman–Crippen LogP) is 3.21. The Morgan fingerprint density at radius 1 is 1.24 bits per heavy atom. The van der Waals surface area contributed by atoms with E-state index in [1.54, 1.807) is 42.5 Å². The van der Waals surface area contributed by atoms with Crippen LogP contribution in [0.4, 0.5) is 11.4 Å². The first-order valence-electron chi connectivity index (χ1n) is 7.36. The SMILES string of the molecule is COc1ccc(Cl)cc1N(CC(=O)Nc1ccc(C#N)cc1)C(C)=O. The molecule has 0 saturated carbocycles. The number of ether oxygens (including phenoxy) is 1. The number of nitriles is 1. The zero-order valence-electron chi connectivity index (χ0n) is 13.7. The van der Waals surface area contributed by atoms with Crippen LogP contribution in [0.2, 0.25) is 5.02 Å². The maximum atomic E-state index is 12.3. The molecule has 2 rings (SSSR count). The van der Waals surface area contributed by atoms with Gasteiger partial charge in [0, 0.05) is 17.6 Å². The van der Waals surface area contributed by atoms with Crippen LogP contribution >= 0.6 is 11.6 Å². The molecule has 0 bridgehead atoms. The highest BCUT2D eigenvalue weighted by Crippen LogP contribution is 2.31. The number of hydrogen-bond acceptors (Lipinski definition) is 4. The van der Waals surface area contributed by atoms with Crippen molar-refractivity contribution in [1.29, 1.82) is 5.26 Å². The smallest absolute Gasteiger partial charge is 0.244 e. The zero-order chi connectivity index (χ0) is 18.4. The van der Waals surface area contributed by atoms with E-state index in [-0.39, 0.29) is 18.4 Å². The second-order valence-corrected chi connectivity index (χ2v) is 5.60. The van der Waals surface area contributed by atoms with E-state index in [0.29, 0.717) is 27.7 Å². The van der Waals surface area contributed by atoms with Gasteiger partial charge in [-0.2, -0.15) is 5.26 Å². The van der Waals surface area contributed by atoms with Gasteiger partial charge in [-0.1, -0.05) is 11.6 Å². The summed E-state index contributed by atoms with van der Waals surface area (Å²) in [6.07, 6.45) is 0. The average Bonchev–Trinajstić information content (AvgIpc) is 2.60. The monoisotopic (exact) mass is 357 g/mol.